The minimum absolute atomic E-state index is 0.272. The van der Waals surface area contributed by atoms with Crippen molar-refractivity contribution < 1.29 is 8.42 Å². The molecule has 4 heteroatoms. The Bertz CT molecular complexity index is 243. The van der Waals surface area contributed by atoms with E-state index in [-0.39, 0.29) is 6.04 Å². The van der Waals surface area contributed by atoms with Crippen molar-refractivity contribution in [3.05, 3.63) is 0 Å². The van der Waals surface area contributed by atoms with Crippen molar-refractivity contribution in [1.29, 1.82) is 0 Å². The Balaban J connectivity index is 2.03. The summed E-state index contributed by atoms with van der Waals surface area (Å²) in [5, 5.41) is 3.26. The second-order valence-corrected chi connectivity index (χ2v) is 5.74. The third-order valence-corrected chi connectivity index (χ3v) is 4.14. The summed E-state index contributed by atoms with van der Waals surface area (Å²) in [5.74, 6) is 1.36. The molecule has 0 radical (unpaired) electrons. The molecule has 0 bridgehead atoms. The second-order valence-electron chi connectivity index (χ2n) is 3.51. The van der Waals surface area contributed by atoms with Crippen LogP contribution in [0.4, 0.5) is 0 Å². The Hall–Kier alpha value is -0.0900. The molecule has 0 aromatic heterocycles. The smallest absolute Gasteiger partial charge is 0.153 e. The van der Waals surface area contributed by atoms with Gasteiger partial charge in [0.2, 0.25) is 0 Å². The Morgan fingerprint density at radius 2 is 2.00 bits per heavy atom. The van der Waals surface area contributed by atoms with Gasteiger partial charge in [-0.05, 0) is 18.8 Å². The number of nitrogens with one attached hydrogen (secondary N) is 1. The van der Waals surface area contributed by atoms with Crippen molar-refractivity contribution in [2.75, 3.05) is 18.1 Å². The van der Waals surface area contributed by atoms with Crippen molar-refractivity contribution in [2.24, 2.45) is 5.92 Å². The Morgan fingerprint density at radius 3 is 2.55 bits per heavy atom. The first-order valence-corrected chi connectivity index (χ1v) is 5.93. The summed E-state index contributed by atoms with van der Waals surface area (Å²) >= 11 is 0. The highest BCUT2D eigenvalue weighted by Crippen LogP contribution is 2.33. The first-order valence-electron chi connectivity index (χ1n) is 4.11. The van der Waals surface area contributed by atoms with Gasteiger partial charge in [0, 0.05) is 12.6 Å². The van der Waals surface area contributed by atoms with Gasteiger partial charge in [0.05, 0.1) is 11.5 Å². The zero-order chi connectivity index (χ0) is 7.90. The molecule has 1 aliphatic carbocycles. The Labute approximate surface area is 67.1 Å². The summed E-state index contributed by atoms with van der Waals surface area (Å²) in [6.07, 6.45) is 2.43. The lowest BCUT2D eigenvalue weighted by atomic mass is 10.2. The third kappa shape index (κ3) is 1.73. The standard InChI is InChI=1S/C7H13NO2S/c9-11(10)4-3-8-7(5-11)6-1-2-6/h6-8H,1-5H2. The number of rotatable bonds is 1. The molecule has 2 fully saturated rings. The topological polar surface area (TPSA) is 46.2 Å². The monoisotopic (exact) mass is 175 g/mol. The fraction of sp³-hybridized carbons (Fsp3) is 1.00. The van der Waals surface area contributed by atoms with Gasteiger partial charge in [0.1, 0.15) is 0 Å². The number of hydrogen-bond donors (Lipinski definition) is 1. The van der Waals surface area contributed by atoms with E-state index in [2.05, 4.69) is 5.32 Å². The maximum absolute atomic E-state index is 11.2. The molecule has 0 aromatic carbocycles. The maximum Gasteiger partial charge on any atom is 0.153 e. The van der Waals surface area contributed by atoms with E-state index in [4.69, 9.17) is 0 Å². The molecule has 1 atom stereocenters. The van der Waals surface area contributed by atoms with Crippen molar-refractivity contribution in [3.8, 4) is 0 Å². The number of sulfone groups is 1. The van der Waals surface area contributed by atoms with Gasteiger partial charge in [-0.1, -0.05) is 0 Å². The molecule has 1 saturated heterocycles. The van der Waals surface area contributed by atoms with E-state index in [0.29, 0.717) is 24.0 Å². The highest BCUT2D eigenvalue weighted by molar-refractivity contribution is 7.91. The maximum atomic E-state index is 11.2. The van der Waals surface area contributed by atoms with Crippen LogP contribution < -0.4 is 5.32 Å². The predicted octanol–water partition coefficient (Wildman–Crippen LogP) is -0.217. The fourth-order valence-electron chi connectivity index (χ4n) is 1.62. The van der Waals surface area contributed by atoms with Crippen molar-refractivity contribution in [2.45, 2.75) is 18.9 Å². The lowest BCUT2D eigenvalue weighted by Gasteiger charge is -2.23. The van der Waals surface area contributed by atoms with Crippen LogP contribution >= 0.6 is 0 Å². The zero-order valence-corrected chi connectivity index (χ0v) is 7.23. The average molecular weight is 175 g/mol. The molecule has 0 amide bonds. The number of hydrogen-bond acceptors (Lipinski definition) is 3. The molecule has 1 heterocycles. The van der Waals surface area contributed by atoms with Crippen LogP contribution in [0.5, 0.6) is 0 Å². The summed E-state index contributed by atoms with van der Waals surface area (Å²) in [7, 11) is -2.70. The first kappa shape index (κ1) is 7.55. The lowest BCUT2D eigenvalue weighted by molar-refractivity contribution is 0.480. The van der Waals surface area contributed by atoms with E-state index < -0.39 is 9.84 Å². The van der Waals surface area contributed by atoms with E-state index in [9.17, 15) is 8.42 Å². The van der Waals surface area contributed by atoms with Crippen LogP contribution in [-0.4, -0.2) is 32.5 Å². The molecule has 11 heavy (non-hydrogen) atoms. The van der Waals surface area contributed by atoms with E-state index in [0.717, 1.165) is 0 Å². The SMILES string of the molecule is O=S1(=O)CCNC(C2CC2)C1. The van der Waals surface area contributed by atoms with Crippen LogP contribution in [0.2, 0.25) is 0 Å². The van der Waals surface area contributed by atoms with Crippen molar-refractivity contribution in [3.63, 3.8) is 0 Å². The minimum atomic E-state index is -2.70. The summed E-state index contributed by atoms with van der Waals surface area (Å²) in [6.45, 7) is 0.656. The molecule has 1 N–H and O–H groups in total. The molecule has 1 saturated carbocycles. The highest BCUT2D eigenvalue weighted by Gasteiger charge is 2.36. The van der Waals surface area contributed by atoms with Crippen LogP contribution in [0.15, 0.2) is 0 Å². The molecule has 0 spiro atoms. The molecule has 2 aliphatic rings. The predicted molar refractivity (Wildman–Crippen MR) is 43.2 cm³/mol. The molecule has 2 rings (SSSR count). The second kappa shape index (κ2) is 2.45. The van der Waals surface area contributed by atoms with Gasteiger partial charge in [-0.25, -0.2) is 8.42 Å². The van der Waals surface area contributed by atoms with Crippen LogP contribution in [-0.2, 0) is 9.84 Å². The molecular weight excluding hydrogens is 162 g/mol. The van der Waals surface area contributed by atoms with Crippen LogP contribution in [0, 0.1) is 5.92 Å². The summed E-state index contributed by atoms with van der Waals surface area (Å²) < 4.78 is 22.3. The van der Waals surface area contributed by atoms with E-state index in [1.165, 1.54) is 12.8 Å². The Morgan fingerprint density at radius 1 is 1.27 bits per heavy atom. The highest BCUT2D eigenvalue weighted by atomic mass is 32.2. The van der Waals surface area contributed by atoms with Crippen LogP contribution in [0.25, 0.3) is 0 Å². The quantitative estimate of drug-likeness (QED) is 0.599. The van der Waals surface area contributed by atoms with Gasteiger partial charge in [0.15, 0.2) is 9.84 Å². The average Bonchev–Trinajstić information content (AvgIpc) is 2.65. The van der Waals surface area contributed by atoms with Gasteiger partial charge < -0.3 is 5.32 Å². The minimum Gasteiger partial charge on any atom is -0.312 e. The first-order chi connectivity index (χ1) is 5.17. The van der Waals surface area contributed by atoms with Gasteiger partial charge in [0.25, 0.3) is 0 Å². The third-order valence-electron chi connectivity index (χ3n) is 2.44. The normalized spacial score (nSPS) is 36.9. The molecule has 1 unspecified atom stereocenters. The van der Waals surface area contributed by atoms with Gasteiger partial charge in [-0.2, -0.15) is 0 Å². The van der Waals surface area contributed by atoms with Crippen molar-refractivity contribution >= 4 is 9.84 Å². The van der Waals surface area contributed by atoms with E-state index in [1.54, 1.807) is 0 Å². The molecule has 3 nitrogen and oxygen atoms in total. The van der Waals surface area contributed by atoms with E-state index in [1.807, 2.05) is 0 Å². The summed E-state index contributed by atoms with van der Waals surface area (Å²) in [5.41, 5.74) is 0. The van der Waals surface area contributed by atoms with Gasteiger partial charge >= 0.3 is 0 Å². The summed E-state index contributed by atoms with van der Waals surface area (Å²) in [4.78, 5) is 0. The molecular formula is C7H13NO2S. The summed E-state index contributed by atoms with van der Waals surface area (Å²) in [6, 6.07) is 0.272. The van der Waals surface area contributed by atoms with Crippen LogP contribution in [0.3, 0.4) is 0 Å². The Kier molecular flexibility index (Phi) is 1.68. The molecule has 0 aromatic rings. The fourth-order valence-corrected chi connectivity index (χ4v) is 3.15. The lowest BCUT2D eigenvalue weighted by Crippen LogP contribution is -2.46. The van der Waals surface area contributed by atoms with Crippen LogP contribution in [0.1, 0.15) is 12.8 Å². The molecule has 1 aliphatic heterocycles. The molecule has 64 valence electrons. The largest absolute Gasteiger partial charge is 0.312 e. The zero-order valence-electron chi connectivity index (χ0n) is 6.41. The van der Waals surface area contributed by atoms with Gasteiger partial charge in [-0.15, -0.1) is 0 Å². The van der Waals surface area contributed by atoms with Gasteiger partial charge in [-0.3, -0.25) is 0 Å². The van der Waals surface area contributed by atoms with Crippen molar-refractivity contribution in [1.82, 2.24) is 5.32 Å². The van der Waals surface area contributed by atoms with E-state index >= 15 is 0 Å².